The molecule has 0 aromatic heterocycles. The molecule has 94 valence electrons. The number of ether oxygens (including phenoxy) is 1. The Kier molecular flexibility index (Phi) is 5.73. The molecule has 1 saturated heterocycles. The Bertz CT molecular complexity index is 222. The molecule has 5 heteroatoms. The quantitative estimate of drug-likeness (QED) is 0.612. The number of rotatable bonds is 5. The first-order chi connectivity index (χ1) is 7.67. The summed E-state index contributed by atoms with van der Waals surface area (Å²) < 4.78 is 5.24. The molecule has 1 aliphatic heterocycles. The molecule has 1 aliphatic rings. The van der Waals surface area contributed by atoms with Crippen molar-refractivity contribution in [3.05, 3.63) is 0 Å². The highest BCUT2D eigenvalue weighted by Gasteiger charge is 2.29. The fourth-order valence-corrected chi connectivity index (χ4v) is 1.77. The molecule has 1 fully saturated rings. The molecule has 3 atom stereocenters. The normalized spacial score (nSPS) is 30.1. The summed E-state index contributed by atoms with van der Waals surface area (Å²) in [6.45, 7) is 2.21. The van der Waals surface area contributed by atoms with E-state index in [-0.39, 0.29) is 18.6 Å². The zero-order valence-corrected chi connectivity index (χ0v) is 9.69. The van der Waals surface area contributed by atoms with Gasteiger partial charge in [0.2, 0.25) is 5.91 Å². The second-order valence-electron chi connectivity index (χ2n) is 4.23. The van der Waals surface area contributed by atoms with Gasteiger partial charge in [-0.1, -0.05) is 13.3 Å². The first-order valence-electron chi connectivity index (χ1n) is 5.87. The second kappa shape index (κ2) is 6.83. The fourth-order valence-electron chi connectivity index (χ4n) is 1.77. The van der Waals surface area contributed by atoms with E-state index in [1.807, 2.05) is 6.92 Å². The van der Waals surface area contributed by atoms with Gasteiger partial charge in [-0.15, -0.1) is 0 Å². The van der Waals surface area contributed by atoms with E-state index in [9.17, 15) is 9.90 Å². The van der Waals surface area contributed by atoms with Crippen LogP contribution in [0, 0.1) is 0 Å². The minimum absolute atomic E-state index is 0.00472. The average Bonchev–Trinajstić information content (AvgIpc) is 2.26. The molecule has 1 heterocycles. The molecule has 0 aromatic carbocycles. The van der Waals surface area contributed by atoms with Crippen LogP contribution < -0.4 is 5.32 Å². The molecule has 16 heavy (non-hydrogen) atoms. The largest absolute Gasteiger partial charge is 0.394 e. The highest BCUT2D eigenvalue weighted by Crippen LogP contribution is 2.14. The number of hydrogen-bond acceptors (Lipinski definition) is 4. The summed E-state index contributed by atoms with van der Waals surface area (Å²) in [7, 11) is 0. The van der Waals surface area contributed by atoms with E-state index in [4.69, 9.17) is 9.84 Å². The lowest BCUT2D eigenvalue weighted by atomic mass is 10.0. The molecule has 0 aromatic rings. The topological polar surface area (TPSA) is 78.8 Å². The summed E-state index contributed by atoms with van der Waals surface area (Å²) in [4.78, 5) is 11.4. The van der Waals surface area contributed by atoms with Crippen LogP contribution in [0.5, 0.6) is 0 Å². The number of aliphatic hydroxyl groups excluding tert-OH is 2. The second-order valence-corrected chi connectivity index (χ2v) is 4.23. The minimum Gasteiger partial charge on any atom is -0.394 e. The highest BCUT2D eigenvalue weighted by atomic mass is 16.5. The molecule has 0 unspecified atom stereocenters. The summed E-state index contributed by atoms with van der Waals surface area (Å²) in [6, 6.07) is -0.137. The van der Waals surface area contributed by atoms with Crippen molar-refractivity contribution in [3.8, 4) is 0 Å². The smallest absolute Gasteiger partial charge is 0.220 e. The summed E-state index contributed by atoms with van der Waals surface area (Å²) in [5.74, 6) is 0.00472. The van der Waals surface area contributed by atoms with E-state index >= 15 is 0 Å². The number of aliphatic hydroxyl groups is 2. The molecular formula is C11H21NO4. The van der Waals surface area contributed by atoms with Gasteiger partial charge in [-0.3, -0.25) is 4.79 Å². The first-order valence-corrected chi connectivity index (χ1v) is 5.87. The average molecular weight is 231 g/mol. The van der Waals surface area contributed by atoms with E-state index in [1.54, 1.807) is 0 Å². The van der Waals surface area contributed by atoms with Gasteiger partial charge in [0.05, 0.1) is 25.4 Å². The third-order valence-electron chi connectivity index (χ3n) is 2.77. The number of nitrogens with one attached hydrogen (secondary N) is 1. The van der Waals surface area contributed by atoms with Crippen LogP contribution in [0.15, 0.2) is 0 Å². The van der Waals surface area contributed by atoms with E-state index in [1.165, 1.54) is 0 Å². The standard InChI is InChI=1S/C11H21NO4/c1-2-3-4-11(15)12-8-5-9(14)10(6-13)16-7-8/h8-10,13-14H,2-7H2,1H3,(H,12,15)/t8-,9-,10-/m1/s1. The summed E-state index contributed by atoms with van der Waals surface area (Å²) in [5.41, 5.74) is 0. The molecule has 3 N–H and O–H groups in total. The van der Waals surface area contributed by atoms with Crippen LogP contribution in [0.4, 0.5) is 0 Å². The molecule has 0 bridgehead atoms. The van der Waals surface area contributed by atoms with Gasteiger partial charge < -0.3 is 20.3 Å². The third-order valence-corrected chi connectivity index (χ3v) is 2.77. The van der Waals surface area contributed by atoms with Gasteiger partial charge in [-0.2, -0.15) is 0 Å². The van der Waals surface area contributed by atoms with Crippen LogP contribution in [0.1, 0.15) is 32.6 Å². The van der Waals surface area contributed by atoms with Crippen molar-refractivity contribution in [3.63, 3.8) is 0 Å². The highest BCUT2D eigenvalue weighted by molar-refractivity contribution is 5.76. The zero-order chi connectivity index (χ0) is 12.0. The number of carbonyl (C=O) groups excluding carboxylic acids is 1. The van der Waals surface area contributed by atoms with Gasteiger partial charge in [0.1, 0.15) is 6.10 Å². The summed E-state index contributed by atoms with van der Waals surface area (Å²) >= 11 is 0. The van der Waals surface area contributed by atoms with Gasteiger partial charge in [0, 0.05) is 6.42 Å². The minimum atomic E-state index is -0.699. The van der Waals surface area contributed by atoms with Crippen LogP contribution >= 0.6 is 0 Å². The maximum atomic E-state index is 11.4. The van der Waals surface area contributed by atoms with Crippen molar-refractivity contribution < 1.29 is 19.7 Å². The van der Waals surface area contributed by atoms with Gasteiger partial charge in [0.25, 0.3) is 0 Å². The Morgan fingerprint density at radius 1 is 1.56 bits per heavy atom. The van der Waals surface area contributed by atoms with Gasteiger partial charge >= 0.3 is 0 Å². The van der Waals surface area contributed by atoms with E-state index in [0.717, 1.165) is 12.8 Å². The Labute approximate surface area is 95.8 Å². The van der Waals surface area contributed by atoms with Crippen molar-refractivity contribution in [2.45, 2.75) is 50.9 Å². The third kappa shape index (κ3) is 4.08. The molecule has 0 aliphatic carbocycles. The van der Waals surface area contributed by atoms with Crippen molar-refractivity contribution in [1.82, 2.24) is 5.32 Å². The van der Waals surface area contributed by atoms with Crippen LogP contribution in [-0.4, -0.2) is 47.6 Å². The number of hydrogen-bond donors (Lipinski definition) is 3. The number of unbranched alkanes of at least 4 members (excludes halogenated alkanes) is 1. The predicted molar refractivity (Wildman–Crippen MR) is 58.9 cm³/mol. The van der Waals surface area contributed by atoms with Crippen LogP contribution in [-0.2, 0) is 9.53 Å². The Morgan fingerprint density at radius 3 is 2.88 bits per heavy atom. The van der Waals surface area contributed by atoms with Crippen LogP contribution in [0.2, 0.25) is 0 Å². The van der Waals surface area contributed by atoms with Crippen LogP contribution in [0.3, 0.4) is 0 Å². The van der Waals surface area contributed by atoms with E-state index < -0.39 is 12.2 Å². The molecule has 5 nitrogen and oxygen atoms in total. The SMILES string of the molecule is CCCCC(=O)N[C@H]1CO[C@H](CO)[C@H](O)C1. The van der Waals surface area contributed by atoms with Gasteiger partial charge in [0.15, 0.2) is 0 Å². The fraction of sp³-hybridized carbons (Fsp3) is 0.909. The molecule has 0 saturated carbocycles. The Morgan fingerprint density at radius 2 is 2.31 bits per heavy atom. The monoisotopic (exact) mass is 231 g/mol. The lowest BCUT2D eigenvalue weighted by molar-refractivity contribution is -0.129. The lowest BCUT2D eigenvalue weighted by Crippen LogP contribution is -2.50. The Balaban J connectivity index is 2.26. The van der Waals surface area contributed by atoms with Gasteiger partial charge in [-0.25, -0.2) is 0 Å². The van der Waals surface area contributed by atoms with Crippen molar-refractivity contribution in [2.75, 3.05) is 13.2 Å². The molecule has 0 radical (unpaired) electrons. The number of amides is 1. The van der Waals surface area contributed by atoms with Crippen LogP contribution in [0.25, 0.3) is 0 Å². The van der Waals surface area contributed by atoms with E-state index in [2.05, 4.69) is 5.32 Å². The summed E-state index contributed by atoms with van der Waals surface area (Å²) in [6.07, 6.45) is 1.62. The summed E-state index contributed by atoms with van der Waals surface area (Å²) in [5, 5.41) is 21.3. The first kappa shape index (κ1) is 13.4. The van der Waals surface area contributed by atoms with E-state index in [0.29, 0.717) is 19.4 Å². The lowest BCUT2D eigenvalue weighted by Gasteiger charge is -2.32. The molecule has 1 amide bonds. The maximum absolute atomic E-state index is 11.4. The number of carbonyl (C=O) groups is 1. The van der Waals surface area contributed by atoms with Crippen molar-refractivity contribution in [2.24, 2.45) is 0 Å². The predicted octanol–water partition coefficient (Wildman–Crippen LogP) is -0.197. The zero-order valence-electron chi connectivity index (χ0n) is 9.69. The molecular weight excluding hydrogens is 210 g/mol. The van der Waals surface area contributed by atoms with Crippen molar-refractivity contribution in [1.29, 1.82) is 0 Å². The Hall–Kier alpha value is -0.650. The molecule has 0 spiro atoms. The van der Waals surface area contributed by atoms with Gasteiger partial charge in [-0.05, 0) is 12.8 Å². The molecule has 1 rings (SSSR count). The van der Waals surface area contributed by atoms with Crippen molar-refractivity contribution >= 4 is 5.91 Å². The maximum Gasteiger partial charge on any atom is 0.220 e.